The first-order chi connectivity index (χ1) is 11.3. The number of thiophene rings is 1. The molecule has 3 rings (SSSR count). The molecule has 0 radical (unpaired) electrons. The smallest absolute Gasteiger partial charge is 0.260 e. The van der Waals surface area contributed by atoms with Gasteiger partial charge >= 0.3 is 0 Å². The van der Waals surface area contributed by atoms with Crippen molar-refractivity contribution < 1.29 is 4.79 Å². The molecule has 0 atom stereocenters. The summed E-state index contributed by atoms with van der Waals surface area (Å²) in [6.07, 6.45) is 0. The maximum absolute atomic E-state index is 12.2. The van der Waals surface area contributed by atoms with Gasteiger partial charge in [0.05, 0.1) is 16.8 Å². The number of aromatic amines is 1. The third-order valence-electron chi connectivity index (χ3n) is 3.63. The largest absolute Gasteiger partial charge is 0.301 e. The van der Waals surface area contributed by atoms with Gasteiger partial charge in [-0.3, -0.25) is 9.59 Å². The highest BCUT2D eigenvalue weighted by molar-refractivity contribution is 7.99. The van der Waals surface area contributed by atoms with E-state index in [0.717, 1.165) is 21.0 Å². The Balaban J connectivity index is 1.71. The van der Waals surface area contributed by atoms with Crippen molar-refractivity contribution in [2.24, 2.45) is 0 Å². The Morgan fingerprint density at radius 2 is 1.92 bits per heavy atom. The lowest BCUT2D eigenvalue weighted by atomic mass is 10.2. The van der Waals surface area contributed by atoms with Crippen LogP contribution < -0.4 is 10.9 Å². The molecule has 0 unspecified atom stereocenters. The number of H-pyrrole nitrogens is 1. The predicted octanol–water partition coefficient (Wildman–Crippen LogP) is 3.41. The van der Waals surface area contributed by atoms with Gasteiger partial charge in [-0.15, -0.1) is 22.7 Å². The second kappa shape index (κ2) is 6.66. The second-order valence-electron chi connectivity index (χ2n) is 5.33. The van der Waals surface area contributed by atoms with Gasteiger partial charge in [-0.25, -0.2) is 9.97 Å². The monoisotopic (exact) mass is 380 g/mol. The lowest BCUT2D eigenvalue weighted by Crippen LogP contribution is -2.15. The molecule has 1 amide bonds. The summed E-state index contributed by atoms with van der Waals surface area (Å²) < 4.78 is 0. The molecule has 24 heavy (non-hydrogen) atoms. The minimum atomic E-state index is -0.171. The number of thioether (sulfide) groups is 1. The van der Waals surface area contributed by atoms with Gasteiger partial charge in [-0.2, -0.15) is 0 Å². The molecule has 0 fully saturated rings. The molecule has 0 bridgehead atoms. The highest BCUT2D eigenvalue weighted by atomic mass is 32.2. The summed E-state index contributed by atoms with van der Waals surface area (Å²) in [6, 6.07) is 0. The van der Waals surface area contributed by atoms with Crippen LogP contribution in [0.4, 0.5) is 5.13 Å². The van der Waals surface area contributed by atoms with E-state index in [9.17, 15) is 9.59 Å². The van der Waals surface area contributed by atoms with Crippen LogP contribution in [0.3, 0.4) is 0 Å². The van der Waals surface area contributed by atoms with E-state index in [1.807, 2.05) is 27.7 Å². The lowest BCUT2D eigenvalue weighted by Gasteiger charge is -2.02. The van der Waals surface area contributed by atoms with Gasteiger partial charge in [0.1, 0.15) is 4.83 Å². The normalized spacial score (nSPS) is 11.2. The Morgan fingerprint density at radius 1 is 1.17 bits per heavy atom. The molecule has 126 valence electrons. The average Bonchev–Trinajstić information content (AvgIpc) is 2.97. The lowest BCUT2D eigenvalue weighted by molar-refractivity contribution is -0.113. The highest BCUT2D eigenvalue weighted by Gasteiger charge is 2.13. The molecule has 3 aromatic heterocycles. The Morgan fingerprint density at radius 3 is 2.58 bits per heavy atom. The molecular weight excluding hydrogens is 364 g/mol. The van der Waals surface area contributed by atoms with E-state index < -0.39 is 0 Å². The number of aryl methyl sites for hydroxylation is 4. The summed E-state index contributed by atoms with van der Waals surface area (Å²) in [5, 5.41) is 4.46. The zero-order chi connectivity index (χ0) is 17.4. The van der Waals surface area contributed by atoms with Crippen LogP contribution in [-0.4, -0.2) is 26.6 Å². The maximum atomic E-state index is 12.2. The van der Waals surface area contributed by atoms with E-state index in [0.29, 0.717) is 20.5 Å². The van der Waals surface area contributed by atoms with Crippen LogP contribution in [0.2, 0.25) is 0 Å². The van der Waals surface area contributed by atoms with Crippen LogP contribution in [0, 0.1) is 27.7 Å². The molecule has 0 aliphatic rings. The number of carbonyl (C=O) groups excluding carboxylic acids is 1. The fourth-order valence-electron chi connectivity index (χ4n) is 2.12. The van der Waals surface area contributed by atoms with E-state index in [2.05, 4.69) is 20.3 Å². The Hall–Kier alpha value is -1.71. The number of nitrogens with one attached hydrogen (secondary N) is 2. The summed E-state index contributed by atoms with van der Waals surface area (Å²) >= 11 is 4.15. The van der Waals surface area contributed by atoms with E-state index in [-0.39, 0.29) is 17.2 Å². The predicted molar refractivity (Wildman–Crippen MR) is 101 cm³/mol. The number of anilines is 1. The molecule has 3 heterocycles. The van der Waals surface area contributed by atoms with E-state index >= 15 is 0 Å². The first-order valence-corrected chi connectivity index (χ1v) is 9.83. The standard InChI is InChI=1S/C15H16N4O2S3/c1-6-8(3)23-13-11(6)12(21)18-14(19-13)22-5-10(20)17-15-16-7(2)9(4)24-15/h5H2,1-4H3,(H,16,17,20)(H,18,19,21). The Bertz CT molecular complexity index is 967. The molecule has 0 saturated carbocycles. The Kier molecular flexibility index (Phi) is 4.75. The summed E-state index contributed by atoms with van der Waals surface area (Å²) in [6.45, 7) is 7.76. The number of fused-ring (bicyclic) bond motifs is 1. The molecule has 0 aromatic carbocycles. The first-order valence-electron chi connectivity index (χ1n) is 7.22. The van der Waals surface area contributed by atoms with Crippen molar-refractivity contribution >= 4 is 55.7 Å². The van der Waals surface area contributed by atoms with Crippen molar-refractivity contribution in [3.05, 3.63) is 31.4 Å². The molecule has 3 aromatic rings. The van der Waals surface area contributed by atoms with Crippen molar-refractivity contribution in [1.82, 2.24) is 15.0 Å². The summed E-state index contributed by atoms with van der Waals surface area (Å²) in [7, 11) is 0. The molecule has 0 spiro atoms. The fraction of sp³-hybridized carbons (Fsp3) is 0.333. The fourth-order valence-corrected chi connectivity index (χ4v) is 4.70. The molecule has 9 heteroatoms. The maximum Gasteiger partial charge on any atom is 0.260 e. The molecule has 0 saturated heterocycles. The highest BCUT2D eigenvalue weighted by Crippen LogP contribution is 2.27. The van der Waals surface area contributed by atoms with Gasteiger partial charge in [-0.05, 0) is 33.3 Å². The number of carbonyl (C=O) groups is 1. The van der Waals surface area contributed by atoms with Crippen molar-refractivity contribution in [2.45, 2.75) is 32.9 Å². The zero-order valence-electron chi connectivity index (χ0n) is 13.6. The molecule has 0 aliphatic heterocycles. The minimum Gasteiger partial charge on any atom is -0.301 e. The SMILES string of the molecule is Cc1nc(NC(=O)CSc2nc3sc(C)c(C)c3c(=O)[nH]2)sc1C. The number of rotatable bonds is 4. The van der Waals surface area contributed by atoms with Gasteiger partial charge in [0.25, 0.3) is 5.56 Å². The van der Waals surface area contributed by atoms with Crippen molar-refractivity contribution in [1.29, 1.82) is 0 Å². The van der Waals surface area contributed by atoms with Crippen LogP contribution >= 0.6 is 34.4 Å². The summed E-state index contributed by atoms with van der Waals surface area (Å²) in [4.78, 5) is 38.6. The van der Waals surface area contributed by atoms with Crippen LogP contribution in [0.5, 0.6) is 0 Å². The van der Waals surface area contributed by atoms with Crippen molar-refractivity contribution in [3.63, 3.8) is 0 Å². The zero-order valence-corrected chi connectivity index (χ0v) is 16.1. The van der Waals surface area contributed by atoms with Crippen LogP contribution in [0.1, 0.15) is 21.0 Å². The van der Waals surface area contributed by atoms with E-state index in [1.165, 1.54) is 34.4 Å². The average molecular weight is 381 g/mol. The quantitative estimate of drug-likeness (QED) is 0.535. The number of hydrogen-bond acceptors (Lipinski definition) is 7. The van der Waals surface area contributed by atoms with Crippen molar-refractivity contribution in [2.75, 3.05) is 11.1 Å². The van der Waals surface area contributed by atoms with Gasteiger partial charge in [-0.1, -0.05) is 11.8 Å². The first kappa shape index (κ1) is 17.1. The second-order valence-corrected chi connectivity index (χ2v) is 8.70. The van der Waals surface area contributed by atoms with Gasteiger partial charge in [0, 0.05) is 9.75 Å². The van der Waals surface area contributed by atoms with E-state index in [4.69, 9.17) is 0 Å². The van der Waals surface area contributed by atoms with Crippen molar-refractivity contribution in [3.8, 4) is 0 Å². The van der Waals surface area contributed by atoms with E-state index in [1.54, 1.807) is 0 Å². The van der Waals surface area contributed by atoms with Crippen LogP contribution in [-0.2, 0) is 4.79 Å². The molecule has 0 aliphatic carbocycles. The minimum absolute atomic E-state index is 0.157. The van der Waals surface area contributed by atoms with Gasteiger partial charge < -0.3 is 10.3 Å². The third kappa shape index (κ3) is 3.38. The number of thiazole rings is 1. The molecule has 6 nitrogen and oxygen atoms in total. The molecular formula is C15H16N4O2S3. The van der Waals surface area contributed by atoms with Crippen LogP contribution in [0.25, 0.3) is 10.2 Å². The van der Waals surface area contributed by atoms with Gasteiger partial charge in [0.15, 0.2) is 10.3 Å². The number of aromatic nitrogens is 3. The summed E-state index contributed by atoms with van der Waals surface area (Å²) in [5.74, 6) is -0.00910. The number of hydrogen-bond donors (Lipinski definition) is 2. The molecule has 2 N–H and O–H groups in total. The number of nitrogens with zero attached hydrogens (tertiary/aromatic N) is 2. The summed E-state index contributed by atoms with van der Waals surface area (Å²) in [5.41, 5.74) is 1.73. The third-order valence-corrected chi connectivity index (χ3v) is 6.59. The topological polar surface area (TPSA) is 87.7 Å². The van der Waals surface area contributed by atoms with Gasteiger partial charge in [0.2, 0.25) is 5.91 Å². The Labute approximate surface area is 150 Å². The number of amides is 1. The van der Waals surface area contributed by atoms with Crippen LogP contribution in [0.15, 0.2) is 9.95 Å².